The first-order valence-electron chi connectivity index (χ1n) is 5.08. The Morgan fingerprint density at radius 1 is 1.50 bits per heavy atom. The normalized spacial score (nSPS) is 14.8. The molecule has 0 saturated heterocycles. The van der Waals surface area contributed by atoms with Crippen LogP contribution in [0.1, 0.15) is 46.5 Å². The summed E-state index contributed by atoms with van der Waals surface area (Å²) in [6.07, 6.45) is 7.11. The molecule has 0 fully saturated rings. The molecule has 0 aliphatic heterocycles. The fourth-order valence-electron chi connectivity index (χ4n) is 1.29. The van der Waals surface area contributed by atoms with Crippen molar-refractivity contribution in [1.82, 2.24) is 0 Å². The van der Waals surface area contributed by atoms with Gasteiger partial charge in [0.1, 0.15) is 0 Å². The molecule has 0 heterocycles. The molecule has 2 N–H and O–H groups in total. The monoisotopic (exact) mass is 169 g/mol. The molecule has 0 amide bonds. The third-order valence-electron chi connectivity index (χ3n) is 2.42. The first kappa shape index (κ1) is 11.7. The number of rotatable bonds is 6. The van der Waals surface area contributed by atoms with Crippen molar-refractivity contribution in [3.8, 4) is 0 Å². The molecule has 0 radical (unpaired) electrons. The third-order valence-corrected chi connectivity index (χ3v) is 2.42. The van der Waals surface area contributed by atoms with E-state index in [1.165, 1.54) is 19.3 Å². The number of hydrogen-bond donors (Lipinski definition) is 1. The summed E-state index contributed by atoms with van der Waals surface area (Å²) in [5.41, 5.74) is 7.05. The fourth-order valence-corrected chi connectivity index (χ4v) is 1.29. The van der Waals surface area contributed by atoms with Crippen LogP contribution < -0.4 is 5.73 Å². The van der Waals surface area contributed by atoms with Crippen molar-refractivity contribution >= 4 is 0 Å². The van der Waals surface area contributed by atoms with E-state index >= 15 is 0 Å². The summed E-state index contributed by atoms with van der Waals surface area (Å²) in [5.74, 6) is 0.828. The quantitative estimate of drug-likeness (QED) is 0.607. The fraction of sp³-hybridized carbons (Fsp3) is 0.818. The highest BCUT2D eigenvalue weighted by Gasteiger charge is 2.02. The molecule has 0 saturated carbocycles. The van der Waals surface area contributed by atoms with Gasteiger partial charge in [0.2, 0.25) is 0 Å². The molecule has 0 aromatic rings. The summed E-state index contributed by atoms with van der Waals surface area (Å²) < 4.78 is 0. The van der Waals surface area contributed by atoms with Gasteiger partial charge >= 0.3 is 0 Å². The van der Waals surface area contributed by atoms with Crippen LogP contribution in [-0.4, -0.2) is 6.54 Å². The van der Waals surface area contributed by atoms with E-state index in [1.54, 1.807) is 5.57 Å². The molecular weight excluding hydrogens is 146 g/mol. The van der Waals surface area contributed by atoms with Gasteiger partial charge in [-0.2, -0.15) is 0 Å². The van der Waals surface area contributed by atoms with Crippen LogP contribution in [0.3, 0.4) is 0 Å². The minimum absolute atomic E-state index is 0.817. The summed E-state index contributed by atoms with van der Waals surface area (Å²) >= 11 is 0. The summed E-state index contributed by atoms with van der Waals surface area (Å²) in [7, 11) is 0. The molecule has 1 heteroatoms. The van der Waals surface area contributed by atoms with E-state index in [4.69, 9.17) is 5.73 Å². The van der Waals surface area contributed by atoms with Gasteiger partial charge < -0.3 is 5.73 Å². The van der Waals surface area contributed by atoms with Crippen molar-refractivity contribution in [2.45, 2.75) is 46.5 Å². The zero-order chi connectivity index (χ0) is 9.40. The molecular formula is C11H23N. The molecule has 12 heavy (non-hydrogen) atoms. The summed E-state index contributed by atoms with van der Waals surface area (Å²) in [5, 5.41) is 0. The minimum Gasteiger partial charge on any atom is -0.330 e. The largest absolute Gasteiger partial charge is 0.330 e. The Morgan fingerprint density at radius 2 is 2.17 bits per heavy atom. The van der Waals surface area contributed by atoms with E-state index in [1.807, 2.05) is 0 Å². The second kappa shape index (κ2) is 7.35. The van der Waals surface area contributed by atoms with E-state index in [0.29, 0.717) is 0 Å². The van der Waals surface area contributed by atoms with Crippen LogP contribution in [0.4, 0.5) is 0 Å². The number of hydrogen-bond acceptors (Lipinski definition) is 1. The Labute approximate surface area is 77.0 Å². The summed E-state index contributed by atoms with van der Waals surface area (Å²) in [6.45, 7) is 7.51. The van der Waals surface area contributed by atoms with E-state index in [-0.39, 0.29) is 0 Å². The minimum atomic E-state index is 0.817. The van der Waals surface area contributed by atoms with Gasteiger partial charge in [0.15, 0.2) is 0 Å². The van der Waals surface area contributed by atoms with Crippen LogP contribution in [0.25, 0.3) is 0 Å². The molecule has 1 nitrogen and oxygen atoms in total. The van der Waals surface area contributed by atoms with Gasteiger partial charge in [0.05, 0.1) is 0 Å². The summed E-state index contributed by atoms with van der Waals surface area (Å²) in [6, 6.07) is 0. The highest BCUT2D eigenvalue weighted by Crippen LogP contribution is 2.17. The molecule has 72 valence electrons. The lowest BCUT2D eigenvalue weighted by atomic mass is 9.96. The van der Waals surface area contributed by atoms with E-state index < -0.39 is 0 Å². The molecule has 0 aliphatic carbocycles. The predicted molar refractivity (Wildman–Crippen MR) is 56.1 cm³/mol. The van der Waals surface area contributed by atoms with Gasteiger partial charge in [-0.3, -0.25) is 0 Å². The predicted octanol–water partition coefficient (Wildman–Crippen LogP) is 3.11. The summed E-state index contributed by atoms with van der Waals surface area (Å²) in [4.78, 5) is 0. The lowest BCUT2D eigenvalue weighted by molar-refractivity contribution is 0.543. The maximum absolute atomic E-state index is 5.47. The molecule has 0 bridgehead atoms. The Hall–Kier alpha value is -0.300. The molecule has 1 unspecified atom stereocenters. The van der Waals surface area contributed by atoms with Crippen molar-refractivity contribution in [3.63, 3.8) is 0 Å². The molecule has 0 rings (SSSR count). The topological polar surface area (TPSA) is 26.0 Å². The van der Waals surface area contributed by atoms with Crippen molar-refractivity contribution < 1.29 is 0 Å². The molecule has 1 atom stereocenters. The molecule has 0 aromatic heterocycles. The SMILES string of the molecule is C/C=C(\CCCN)CC(C)CC. The Morgan fingerprint density at radius 3 is 2.58 bits per heavy atom. The van der Waals surface area contributed by atoms with Gasteiger partial charge in [-0.15, -0.1) is 0 Å². The average molecular weight is 169 g/mol. The van der Waals surface area contributed by atoms with Gasteiger partial charge in [0.25, 0.3) is 0 Å². The van der Waals surface area contributed by atoms with Gasteiger partial charge in [-0.1, -0.05) is 31.9 Å². The number of allylic oxidation sites excluding steroid dienone is 2. The number of nitrogens with two attached hydrogens (primary N) is 1. The Kier molecular flexibility index (Phi) is 7.17. The standard InChI is InChI=1S/C11H23N/c1-4-10(3)9-11(5-2)7-6-8-12/h5,10H,4,6-9,12H2,1-3H3/b11-5+. The highest BCUT2D eigenvalue weighted by atomic mass is 14.5. The molecule has 0 aliphatic rings. The first-order chi connectivity index (χ1) is 5.74. The average Bonchev–Trinajstić information content (AvgIpc) is 2.11. The zero-order valence-corrected chi connectivity index (χ0v) is 8.77. The van der Waals surface area contributed by atoms with Gasteiger partial charge in [-0.25, -0.2) is 0 Å². The molecule has 0 spiro atoms. The van der Waals surface area contributed by atoms with Crippen LogP contribution in [0.15, 0.2) is 11.6 Å². The second-order valence-electron chi connectivity index (χ2n) is 3.56. The lowest BCUT2D eigenvalue weighted by Gasteiger charge is -2.11. The van der Waals surface area contributed by atoms with Crippen LogP contribution in [0.5, 0.6) is 0 Å². The highest BCUT2D eigenvalue weighted by molar-refractivity contribution is 5.00. The van der Waals surface area contributed by atoms with Crippen molar-refractivity contribution in [1.29, 1.82) is 0 Å². The van der Waals surface area contributed by atoms with Crippen LogP contribution in [-0.2, 0) is 0 Å². The van der Waals surface area contributed by atoms with E-state index in [2.05, 4.69) is 26.8 Å². The van der Waals surface area contributed by atoms with Gasteiger partial charge in [0, 0.05) is 0 Å². The first-order valence-corrected chi connectivity index (χ1v) is 5.08. The lowest BCUT2D eigenvalue weighted by Crippen LogP contribution is -2.01. The van der Waals surface area contributed by atoms with E-state index in [9.17, 15) is 0 Å². The Bertz CT molecular complexity index is 127. The maximum Gasteiger partial charge on any atom is -0.00742 e. The van der Waals surface area contributed by atoms with Crippen molar-refractivity contribution in [2.75, 3.05) is 6.54 Å². The van der Waals surface area contributed by atoms with Crippen molar-refractivity contribution in [2.24, 2.45) is 11.7 Å². The Balaban J connectivity index is 3.68. The molecule has 0 aromatic carbocycles. The zero-order valence-electron chi connectivity index (χ0n) is 8.77. The van der Waals surface area contributed by atoms with Crippen LogP contribution in [0.2, 0.25) is 0 Å². The second-order valence-corrected chi connectivity index (χ2v) is 3.56. The van der Waals surface area contributed by atoms with Crippen LogP contribution in [0, 0.1) is 5.92 Å². The van der Waals surface area contributed by atoms with Crippen LogP contribution >= 0.6 is 0 Å². The van der Waals surface area contributed by atoms with Crippen molar-refractivity contribution in [3.05, 3.63) is 11.6 Å². The third kappa shape index (κ3) is 5.36. The van der Waals surface area contributed by atoms with E-state index in [0.717, 1.165) is 18.9 Å². The maximum atomic E-state index is 5.47. The smallest absolute Gasteiger partial charge is 0.00742 e. The van der Waals surface area contributed by atoms with Gasteiger partial charge in [-0.05, 0) is 38.6 Å².